The molecule has 1 aliphatic heterocycles. The summed E-state index contributed by atoms with van der Waals surface area (Å²) in [6, 6.07) is 6.10. The molecule has 1 aliphatic rings. The van der Waals surface area contributed by atoms with Crippen molar-refractivity contribution in [2.45, 2.75) is 13.0 Å². The lowest BCUT2D eigenvalue weighted by Gasteiger charge is -2.30. The molecule has 4 rings (SSSR count). The molecule has 0 saturated carbocycles. The summed E-state index contributed by atoms with van der Waals surface area (Å²) < 4.78 is 13.6. The lowest BCUT2D eigenvalue weighted by Crippen LogP contribution is -2.37. The Kier molecular flexibility index (Phi) is 4.31. The first kappa shape index (κ1) is 17.1. The number of fused-ring (bicyclic) bond motifs is 1. The highest BCUT2D eigenvalue weighted by Gasteiger charge is 2.27. The molecule has 0 atom stereocenters. The fraction of sp³-hybridized carbons (Fsp3) is 0.263. The van der Waals surface area contributed by atoms with Gasteiger partial charge in [0.25, 0.3) is 5.91 Å². The first-order valence-corrected chi connectivity index (χ1v) is 8.63. The molecule has 0 aliphatic carbocycles. The van der Waals surface area contributed by atoms with E-state index in [0.29, 0.717) is 36.3 Å². The normalized spacial score (nSPS) is 13.4. The number of amides is 1. The minimum atomic E-state index is -0.361. The van der Waals surface area contributed by atoms with E-state index in [1.807, 2.05) is 19.0 Å². The Bertz CT molecular complexity index is 999. The number of halogens is 1. The van der Waals surface area contributed by atoms with Gasteiger partial charge in [-0.25, -0.2) is 14.4 Å². The predicted octanol–water partition coefficient (Wildman–Crippen LogP) is 2.27. The second kappa shape index (κ2) is 6.79. The molecule has 0 saturated heterocycles. The average molecular weight is 366 g/mol. The van der Waals surface area contributed by atoms with Crippen molar-refractivity contribution in [2.75, 3.05) is 25.5 Å². The second-order valence-electron chi connectivity index (χ2n) is 6.66. The number of carbonyl (C=O) groups excluding carboxylic acids is 1. The molecule has 0 spiro atoms. The zero-order chi connectivity index (χ0) is 19.0. The molecule has 7 nitrogen and oxygen atoms in total. The van der Waals surface area contributed by atoms with E-state index in [4.69, 9.17) is 0 Å². The van der Waals surface area contributed by atoms with Crippen molar-refractivity contribution in [3.05, 3.63) is 59.4 Å². The summed E-state index contributed by atoms with van der Waals surface area (Å²) in [7, 11) is 3.88. The van der Waals surface area contributed by atoms with Gasteiger partial charge in [0, 0.05) is 31.8 Å². The largest absolute Gasteiger partial charge is 0.362 e. The molecule has 2 aromatic heterocycles. The van der Waals surface area contributed by atoms with Crippen molar-refractivity contribution in [1.29, 1.82) is 0 Å². The monoisotopic (exact) mass is 366 g/mol. The van der Waals surface area contributed by atoms with Gasteiger partial charge in [-0.2, -0.15) is 5.10 Å². The Morgan fingerprint density at radius 3 is 2.93 bits per heavy atom. The summed E-state index contributed by atoms with van der Waals surface area (Å²) in [5.74, 6) is 0.370. The van der Waals surface area contributed by atoms with Gasteiger partial charge >= 0.3 is 0 Å². The number of carbonyl (C=O) groups is 1. The first-order chi connectivity index (χ1) is 13.0. The number of hydrogen-bond donors (Lipinski definition) is 1. The van der Waals surface area contributed by atoms with Crippen molar-refractivity contribution >= 4 is 11.7 Å². The van der Waals surface area contributed by atoms with E-state index in [1.54, 1.807) is 17.0 Å². The SMILES string of the molecule is CN(C)c1ncnc2c1CCN(C(=O)c1cn[nH]c1-c1cccc(F)c1)C2. The third-order valence-electron chi connectivity index (χ3n) is 4.68. The summed E-state index contributed by atoms with van der Waals surface area (Å²) in [6.45, 7) is 0.971. The Labute approximate surface area is 155 Å². The summed E-state index contributed by atoms with van der Waals surface area (Å²) in [4.78, 5) is 25.5. The van der Waals surface area contributed by atoms with Crippen LogP contribution >= 0.6 is 0 Å². The number of anilines is 1. The van der Waals surface area contributed by atoms with E-state index in [1.165, 1.54) is 24.7 Å². The van der Waals surface area contributed by atoms with Crippen LogP contribution in [0.4, 0.5) is 10.2 Å². The Hall–Kier alpha value is -3.29. The van der Waals surface area contributed by atoms with Gasteiger partial charge < -0.3 is 9.80 Å². The zero-order valence-electron chi connectivity index (χ0n) is 15.1. The van der Waals surface area contributed by atoms with Crippen molar-refractivity contribution in [3.8, 4) is 11.3 Å². The van der Waals surface area contributed by atoms with E-state index in [9.17, 15) is 9.18 Å². The van der Waals surface area contributed by atoms with Crippen LogP contribution < -0.4 is 4.90 Å². The molecule has 8 heteroatoms. The number of aromatic amines is 1. The molecule has 1 aromatic carbocycles. The third kappa shape index (κ3) is 3.14. The van der Waals surface area contributed by atoms with Gasteiger partial charge in [-0.05, 0) is 18.6 Å². The van der Waals surface area contributed by atoms with E-state index in [0.717, 1.165) is 17.1 Å². The minimum Gasteiger partial charge on any atom is -0.362 e. The van der Waals surface area contributed by atoms with Crippen molar-refractivity contribution in [1.82, 2.24) is 25.1 Å². The molecule has 0 fully saturated rings. The fourth-order valence-corrected chi connectivity index (χ4v) is 3.38. The van der Waals surface area contributed by atoms with Crippen LogP contribution in [0.2, 0.25) is 0 Å². The molecule has 138 valence electrons. The van der Waals surface area contributed by atoms with Crippen LogP contribution in [-0.2, 0) is 13.0 Å². The highest BCUT2D eigenvalue weighted by Crippen LogP contribution is 2.27. The van der Waals surface area contributed by atoms with E-state index in [-0.39, 0.29) is 11.7 Å². The quantitative estimate of drug-likeness (QED) is 0.769. The van der Waals surface area contributed by atoms with Gasteiger partial charge in [0.2, 0.25) is 0 Å². The standard InChI is InChI=1S/C19H19FN6O/c1-25(2)18-14-6-7-26(10-16(14)21-11-22-18)19(27)15-9-23-24-17(15)12-4-3-5-13(20)8-12/h3-5,8-9,11H,6-7,10H2,1-2H3,(H,23,24). The molecule has 0 unspecified atom stereocenters. The van der Waals surface area contributed by atoms with Crippen LogP contribution in [0.5, 0.6) is 0 Å². The van der Waals surface area contributed by atoms with Crippen molar-refractivity contribution < 1.29 is 9.18 Å². The molecule has 3 heterocycles. The molecule has 27 heavy (non-hydrogen) atoms. The van der Waals surface area contributed by atoms with Crippen molar-refractivity contribution in [2.24, 2.45) is 0 Å². The number of nitrogens with zero attached hydrogens (tertiary/aromatic N) is 5. The highest BCUT2D eigenvalue weighted by atomic mass is 19.1. The van der Waals surface area contributed by atoms with Crippen LogP contribution in [0.3, 0.4) is 0 Å². The van der Waals surface area contributed by atoms with Crippen LogP contribution in [-0.4, -0.2) is 51.6 Å². The van der Waals surface area contributed by atoms with E-state index >= 15 is 0 Å². The number of H-pyrrole nitrogens is 1. The number of rotatable bonds is 3. The highest BCUT2D eigenvalue weighted by molar-refractivity contribution is 5.99. The molecule has 1 amide bonds. The van der Waals surface area contributed by atoms with Gasteiger partial charge in [0.15, 0.2) is 0 Å². The third-order valence-corrected chi connectivity index (χ3v) is 4.68. The number of benzene rings is 1. The van der Waals surface area contributed by atoms with Gasteiger partial charge in [0.05, 0.1) is 29.7 Å². The van der Waals surface area contributed by atoms with Crippen LogP contribution in [0.15, 0.2) is 36.8 Å². The summed E-state index contributed by atoms with van der Waals surface area (Å²) >= 11 is 0. The maximum absolute atomic E-state index is 13.6. The van der Waals surface area contributed by atoms with Gasteiger partial charge in [-0.3, -0.25) is 9.89 Å². The molecular weight excluding hydrogens is 347 g/mol. The van der Waals surface area contributed by atoms with E-state index < -0.39 is 0 Å². The Balaban J connectivity index is 1.63. The Morgan fingerprint density at radius 2 is 2.15 bits per heavy atom. The van der Waals surface area contributed by atoms with Crippen molar-refractivity contribution in [3.63, 3.8) is 0 Å². The second-order valence-corrected chi connectivity index (χ2v) is 6.66. The van der Waals surface area contributed by atoms with Crippen LogP contribution in [0.25, 0.3) is 11.3 Å². The minimum absolute atomic E-state index is 0.154. The fourth-order valence-electron chi connectivity index (χ4n) is 3.38. The molecule has 1 N–H and O–H groups in total. The predicted molar refractivity (Wildman–Crippen MR) is 98.8 cm³/mol. The Morgan fingerprint density at radius 1 is 1.30 bits per heavy atom. The molecule has 0 radical (unpaired) electrons. The number of nitrogens with one attached hydrogen (secondary N) is 1. The van der Waals surface area contributed by atoms with E-state index in [2.05, 4.69) is 20.2 Å². The smallest absolute Gasteiger partial charge is 0.258 e. The summed E-state index contributed by atoms with van der Waals surface area (Å²) in [5, 5.41) is 6.81. The summed E-state index contributed by atoms with van der Waals surface area (Å²) in [5.41, 5.74) is 3.45. The lowest BCUT2D eigenvalue weighted by molar-refractivity contribution is 0.0732. The van der Waals surface area contributed by atoms with Gasteiger partial charge in [-0.1, -0.05) is 12.1 Å². The molecule has 0 bridgehead atoms. The number of hydrogen-bond acceptors (Lipinski definition) is 5. The first-order valence-electron chi connectivity index (χ1n) is 8.63. The molecular formula is C19H19FN6O. The molecule has 3 aromatic rings. The van der Waals surface area contributed by atoms with Crippen LogP contribution in [0.1, 0.15) is 21.6 Å². The topological polar surface area (TPSA) is 78.0 Å². The lowest BCUT2D eigenvalue weighted by atomic mass is 10.0. The van der Waals surface area contributed by atoms with Gasteiger partial charge in [-0.15, -0.1) is 0 Å². The van der Waals surface area contributed by atoms with Gasteiger partial charge in [0.1, 0.15) is 18.0 Å². The number of aromatic nitrogens is 4. The zero-order valence-corrected chi connectivity index (χ0v) is 15.1. The summed E-state index contributed by atoms with van der Waals surface area (Å²) in [6.07, 6.45) is 3.70. The van der Waals surface area contributed by atoms with Crippen LogP contribution in [0, 0.1) is 5.82 Å². The maximum atomic E-state index is 13.6. The average Bonchev–Trinajstić information content (AvgIpc) is 3.16. The maximum Gasteiger partial charge on any atom is 0.258 e.